The van der Waals surface area contributed by atoms with Gasteiger partial charge in [-0.05, 0) is 19.1 Å². The van der Waals surface area contributed by atoms with Gasteiger partial charge in [0, 0.05) is 22.7 Å². The molecule has 1 rings (SSSR count). The van der Waals surface area contributed by atoms with Crippen LogP contribution in [0.15, 0.2) is 18.2 Å². The molecule has 0 heterocycles. The molecule has 0 aliphatic carbocycles. The molecule has 4 nitrogen and oxygen atoms in total. The lowest BCUT2D eigenvalue weighted by Crippen LogP contribution is -2.27. The topological polar surface area (TPSA) is 61.6 Å². The Kier molecular flexibility index (Phi) is 5.05. The van der Waals surface area contributed by atoms with Gasteiger partial charge in [-0.3, -0.25) is 0 Å². The summed E-state index contributed by atoms with van der Waals surface area (Å²) in [5.41, 5.74) is 5.64. The molecule has 1 amide bonds. The second-order valence-electron chi connectivity index (χ2n) is 3.46. The predicted molar refractivity (Wildman–Crippen MR) is 66.3 cm³/mol. The molecule has 17 heavy (non-hydrogen) atoms. The second-order valence-corrected chi connectivity index (χ2v) is 4.31. The van der Waals surface area contributed by atoms with Crippen LogP contribution in [0.1, 0.15) is 18.6 Å². The summed E-state index contributed by atoms with van der Waals surface area (Å²) in [5.74, 6) is 0. The van der Waals surface area contributed by atoms with Gasteiger partial charge >= 0.3 is 6.09 Å². The van der Waals surface area contributed by atoms with Crippen LogP contribution in [0, 0.1) is 0 Å². The maximum atomic E-state index is 10.7. The van der Waals surface area contributed by atoms with Crippen molar-refractivity contribution in [2.24, 2.45) is 5.73 Å². The summed E-state index contributed by atoms with van der Waals surface area (Å²) in [5, 5.41) is 0.973. The molecule has 1 aromatic rings. The molecule has 0 fully saturated rings. The van der Waals surface area contributed by atoms with Gasteiger partial charge in [0.1, 0.15) is 12.2 Å². The van der Waals surface area contributed by atoms with Gasteiger partial charge < -0.3 is 15.2 Å². The van der Waals surface area contributed by atoms with Crippen molar-refractivity contribution in [3.8, 4) is 0 Å². The quantitative estimate of drug-likeness (QED) is 0.920. The van der Waals surface area contributed by atoms with Crippen molar-refractivity contribution in [3.63, 3.8) is 0 Å². The van der Waals surface area contributed by atoms with E-state index in [1.54, 1.807) is 25.1 Å². The van der Waals surface area contributed by atoms with Gasteiger partial charge in [-0.25, -0.2) is 4.79 Å². The highest BCUT2D eigenvalue weighted by atomic mass is 35.5. The van der Waals surface area contributed by atoms with E-state index in [-0.39, 0.29) is 0 Å². The summed E-state index contributed by atoms with van der Waals surface area (Å²) < 4.78 is 10.1. The molecular formula is C11H13Cl2NO3. The summed E-state index contributed by atoms with van der Waals surface area (Å²) in [6.45, 7) is 1.67. The van der Waals surface area contributed by atoms with Crippen LogP contribution in [-0.4, -0.2) is 19.3 Å². The number of ether oxygens (including phenoxy) is 2. The molecule has 6 heteroatoms. The number of carbonyl (C=O) groups is 1. The van der Waals surface area contributed by atoms with Crippen LogP contribution in [0.2, 0.25) is 10.0 Å². The van der Waals surface area contributed by atoms with Crippen LogP contribution in [0.3, 0.4) is 0 Å². The Balaban J connectivity index is 2.96. The summed E-state index contributed by atoms with van der Waals surface area (Å²) in [7, 11) is 1.50. The Bertz CT molecular complexity index is 412. The van der Waals surface area contributed by atoms with E-state index in [1.807, 2.05) is 0 Å². The average molecular weight is 278 g/mol. The Morgan fingerprint density at radius 2 is 2.06 bits per heavy atom. The Morgan fingerprint density at radius 1 is 1.41 bits per heavy atom. The predicted octanol–water partition coefficient (Wildman–Crippen LogP) is 3.16. The molecule has 2 atom stereocenters. The van der Waals surface area contributed by atoms with E-state index >= 15 is 0 Å². The third kappa shape index (κ3) is 3.77. The number of carbonyl (C=O) groups excluding carboxylic acids is 1. The molecule has 0 spiro atoms. The summed E-state index contributed by atoms with van der Waals surface area (Å²) in [6.07, 6.45) is -1.90. The van der Waals surface area contributed by atoms with E-state index in [4.69, 9.17) is 38.4 Å². The van der Waals surface area contributed by atoms with Crippen LogP contribution in [0.5, 0.6) is 0 Å². The van der Waals surface area contributed by atoms with E-state index in [0.717, 1.165) is 0 Å². The smallest absolute Gasteiger partial charge is 0.404 e. The summed E-state index contributed by atoms with van der Waals surface area (Å²) in [4.78, 5) is 10.7. The summed E-state index contributed by atoms with van der Waals surface area (Å²) >= 11 is 11.8. The number of hydrogen-bond acceptors (Lipinski definition) is 3. The molecule has 0 aliphatic rings. The molecule has 0 bridgehead atoms. The monoisotopic (exact) mass is 277 g/mol. The molecule has 1 aromatic carbocycles. The standard InChI is InChI=1S/C11H13Cl2NO3/c1-6(17-11(14)15)10(16-2)8-4-3-7(12)5-9(8)13/h3-6,10H,1-2H3,(H2,14,15). The molecular weight excluding hydrogens is 265 g/mol. The van der Waals surface area contributed by atoms with Crippen LogP contribution < -0.4 is 5.73 Å². The zero-order valence-corrected chi connectivity index (χ0v) is 11.0. The first-order valence-corrected chi connectivity index (χ1v) is 5.65. The maximum Gasteiger partial charge on any atom is 0.404 e. The largest absolute Gasteiger partial charge is 0.444 e. The van der Waals surface area contributed by atoms with Crippen molar-refractivity contribution >= 4 is 29.3 Å². The third-order valence-electron chi connectivity index (χ3n) is 2.25. The lowest BCUT2D eigenvalue weighted by atomic mass is 10.1. The third-order valence-corrected chi connectivity index (χ3v) is 2.81. The molecule has 0 aromatic heterocycles. The number of benzene rings is 1. The van der Waals surface area contributed by atoms with Crippen molar-refractivity contribution in [1.29, 1.82) is 0 Å². The highest BCUT2D eigenvalue weighted by molar-refractivity contribution is 6.35. The van der Waals surface area contributed by atoms with E-state index in [0.29, 0.717) is 15.6 Å². The van der Waals surface area contributed by atoms with Crippen molar-refractivity contribution < 1.29 is 14.3 Å². The first kappa shape index (κ1) is 14.1. The molecule has 2 unspecified atom stereocenters. The Labute approximate surface area is 110 Å². The van der Waals surface area contributed by atoms with E-state index < -0.39 is 18.3 Å². The van der Waals surface area contributed by atoms with E-state index in [9.17, 15) is 4.79 Å². The summed E-state index contributed by atoms with van der Waals surface area (Å²) in [6, 6.07) is 5.01. The van der Waals surface area contributed by atoms with E-state index in [1.165, 1.54) is 7.11 Å². The number of amides is 1. The van der Waals surface area contributed by atoms with Gasteiger partial charge in [0.15, 0.2) is 0 Å². The first-order chi connectivity index (χ1) is 7.95. The molecule has 0 aliphatic heterocycles. The van der Waals surface area contributed by atoms with Gasteiger partial charge in [0.05, 0.1) is 0 Å². The fraction of sp³-hybridized carbons (Fsp3) is 0.364. The lowest BCUT2D eigenvalue weighted by molar-refractivity contribution is -0.0120. The lowest BCUT2D eigenvalue weighted by Gasteiger charge is -2.23. The van der Waals surface area contributed by atoms with Crippen molar-refractivity contribution in [3.05, 3.63) is 33.8 Å². The van der Waals surface area contributed by atoms with E-state index in [2.05, 4.69) is 0 Å². The van der Waals surface area contributed by atoms with Gasteiger partial charge in [0.25, 0.3) is 0 Å². The number of methoxy groups -OCH3 is 1. The van der Waals surface area contributed by atoms with Crippen molar-refractivity contribution in [2.45, 2.75) is 19.1 Å². The average Bonchev–Trinajstić information content (AvgIpc) is 2.21. The maximum absolute atomic E-state index is 10.7. The van der Waals surface area contributed by atoms with Crippen LogP contribution >= 0.6 is 23.2 Å². The Hall–Kier alpha value is -0.970. The van der Waals surface area contributed by atoms with Crippen LogP contribution in [0.25, 0.3) is 0 Å². The zero-order valence-electron chi connectivity index (χ0n) is 9.44. The van der Waals surface area contributed by atoms with Crippen LogP contribution in [0.4, 0.5) is 4.79 Å². The van der Waals surface area contributed by atoms with Gasteiger partial charge in [-0.2, -0.15) is 0 Å². The first-order valence-electron chi connectivity index (χ1n) is 4.89. The van der Waals surface area contributed by atoms with Crippen LogP contribution in [-0.2, 0) is 9.47 Å². The minimum Gasteiger partial charge on any atom is -0.444 e. The normalized spacial score (nSPS) is 14.1. The molecule has 0 saturated carbocycles. The van der Waals surface area contributed by atoms with Crippen molar-refractivity contribution in [2.75, 3.05) is 7.11 Å². The number of rotatable bonds is 4. The minimum absolute atomic E-state index is 0.448. The minimum atomic E-state index is -0.857. The van der Waals surface area contributed by atoms with Crippen molar-refractivity contribution in [1.82, 2.24) is 0 Å². The highest BCUT2D eigenvalue weighted by Crippen LogP contribution is 2.31. The fourth-order valence-corrected chi connectivity index (χ4v) is 2.06. The highest BCUT2D eigenvalue weighted by Gasteiger charge is 2.24. The molecule has 0 saturated heterocycles. The van der Waals surface area contributed by atoms with Gasteiger partial charge in [-0.1, -0.05) is 29.3 Å². The van der Waals surface area contributed by atoms with Gasteiger partial charge in [0.2, 0.25) is 0 Å². The Morgan fingerprint density at radius 3 is 2.53 bits per heavy atom. The van der Waals surface area contributed by atoms with Gasteiger partial charge in [-0.15, -0.1) is 0 Å². The number of hydrogen-bond donors (Lipinski definition) is 1. The zero-order chi connectivity index (χ0) is 13.0. The fourth-order valence-electron chi connectivity index (χ4n) is 1.55. The number of halogens is 2. The SMILES string of the molecule is COC(c1ccc(Cl)cc1Cl)C(C)OC(N)=O. The molecule has 94 valence electrons. The molecule has 0 radical (unpaired) electrons. The number of nitrogens with two attached hydrogens (primary N) is 1. The number of primary amides is 1. The second kappa shape index (κ2) is 6.10. The molecule has 2 N–H and O–H groups in total.